The van der Waals surface area contributed by atoms with Crippen LogP contribution in [-0.2, 0) is 11.0 Å². The van der Waals surface area contributed by atoms with E-state index in [0.29, 0.717) is 28.9 Å². The minimum Gasteiger partial charge on any atom is -0.481 e. The van der Waals surface area contributed by atoms with Crippen molar-refractivity contribution in [3.05, 3.63) is 71.0 Å². The summed E-state index contributed by atoms with van der Waals surface area (Å²) in [5, 5.41) is 27.6. The lowest BCUT2D eigenvalue weighted by atomic mass is 9.94. The van der Waals surface area contributed by atoms with Gasteiger partial charge in [0, 0.05) is 25.1 Å². The number of aromatic nitrogens is 4. The van der Waals surface area contributed by atoms with Gasteiger partial charge in [0.25, 0.3) is 5.89 Å². The van der Waals surface area contributed by atoms with Gasteiger partial charge < -0.3 is 19.6 Å². The fraction of sp³-hybridized carbons (Fsp3) is 0.333. The van der Waals surface area contributed by atoms with E-state index >= 15 is 0 Å². The first kappa shape index (κ1) is 27.8. The number of β-amino-alcohol motifs (C(OH)–C–C–N with tert-alkyl or cyclic N) is 1. The number of alkyl halides is 3. The summed E-state index contributed by atoms with van der Waals surface area (Å²) >= 11 is 6.11. The van der Waals surface area contributed by atoms with Crippen LogP contribution in [-0.4, -0.2) is 60.6 Å². The van der Waals surface area contributed by atoms with E-state index in [4.69, 9.17) is 21.2 Å². The summed E-state index contributed by atoms with van der Waals surface area (Å²) in [5.74, 6) is -1.05. The number of aliphatic hydroxyl groups excluding tert-OH is 1. The van der Waals surface area contributed by atoms with Crippen LogP contribution in [0.15, 0.2) is 59.3 Å². The van der Waals surface area contributed by atoms with E-state index in [0.717, 1.165) is 25.6 Å². The van der Waals surface area contributed by atoms with Crippen LogP contribution in [0.4, 0.5) is 13.2 Å². The van der Waals surface area contributed by atoms with Crippen LogP contribution in [0.2, 0.25) is 5.02 Å². The van der Waals surface area contributed by atoms with Crippen LogP contribution in [0.3, 0.4) is 0 Å². The van der Waals surface area contributed by atoms with Gasteiger partial charge in [0.2, 0.25) is 5.82 Å². The largest absolute Gasteiger partial charge is 0.481 e. The molecule has 210 valence electrons. The molecule has 0 unspecified atom stereocenters. The molecular weight excluding hydrogens is 551 g/mol. The fourth-order valence-corrected chi connectivity index (χ4v) is 5.18. The van der Waals surface area contributed by atoms with Crippen LogP contribution in [0.25, 0.3) is 28.5 Å². The Kier molecular flexibility index (Phi) is 7.92. The van der Waals surface area contributed by atoms with E-state index in [-0.39, 0.29) is 40.3 Å². The maximum Gasteiger partial charge on any atom is 0.434 e. The molecule has 13 heteroatoms. The molecule has 4 aromatic rings. The molecule has 0 spiro atoms. The number of aliphatic hydroxyl groups is 1. The first-order valence-corrected chi connectivity index (χ1v) is 12.9. The van der Waals surface area contributed by atoms with E-state index in [9.17, 15) is 23.1 Å². The molecule has 0 bridgehead atoms. The maximum atomic E-state index is 14.1. The summed E-state index contributed by atoms with van der Waals surface area (Å²) in [6, 6.07) is 12.7. The molecule has 0 amide bonds. The van der Waals surface area contributed by atoms with Gasteiger partial charge in [0.1, 0.15) is 0 Å². The number of rotatable bonds is 8. The number of nitrogens with zero attached hydrogens (tertiary/aromatic N) is 5. The maximum absolute atomic E-state index is 14.1. The normalized spacial score (nSPS) is 17.2. The molecule has 2 atom stereocenters. The molecule has 1 saturated heterocycles. The number of hydrogen-bond acceptors (Lipinski definition) is 7. The molecule has 1 fully saturated rings. The van der Waals surface area contributed by atoms with Gasteiger partial charge in [-0.05, 0) is 43.0 Å². The van der Waals surface area contributed by atoms with Crippen molar-refractivity contribution in [3.63, 3.8) is 0 Å². The molecule has 3 heterocycles. The highest BCUT2D eigenvalue weighted by atomic mass is 35.5. The molecule has 2 aromatic heterocycles. The Balaban J connectivity index is 1.33. The Hall–Kier alpha value is -3.74. The lowest BCUT2D eigenvalue weighted by molar-refractivity contribution is -0.142. The van der Waals surface area contributed by atoms with Crippen LogP contribution in [0.1, 0.15) is 36.6 Å². The number of benzene rings is 2. The summed E-state index contributed by atoms with van der Waals surface area (Å²) in [7, 11) is 0. The van der Waals surface area contributed by atoms with Crippen molar-refractivity contribution in [2.45, 2.75) is 31.5 Å². The van der Waals surface area contributed by atoms with E-state index in [1.165, 1.54) is 12.1 Å². The van der Waals surface area contributed by atoms with Crippen molar-refractivity contribution < 1.29 is 32.7 Å². The number of halogens is 4. The van der Waals surface area contributed by atoms with Gasteiger partial charge in [-0.25, -0.2) is 4.68 Å². The van der Waals surface area contributed by atoms with Crippen LogP contribution >= 0.6 is 11.6 Å². The molecule has 2 N–H and O–H groups in total. The smallest absolute Gasteiger partial charge is 0.434 e. The number of para-hydroxylation sites is 1. The molecule has 40 heavy (non-hydrogen) atoms. The van der Waals surface area contributed by atoms with E-state index in [2.05, 4.69) is 20.1 Å². The first-order chi connectivity index (χ1) is 19.1. The fourth-order valence-electron chi connectivity index (χ4n) is 4.97. The van der Waals surface area contributed by atoms with E-state index < -0.39 is 23.9 Å². The SMILES string of the molecule is O=C(O)C[C@H]1CCCN(C[C@@H](O)c2ccc(-c3noc(-c4cnn(-c5ccccc5Cl)c4C(F)(F)F)n3)cc2)C1. The van der Waals surface area contributed by atoms with Gasteiger partial charge in [-0.3, -0.25) is 4.79 Å². The van der Waals surface area contributed by atoms with Gasteiger partial charge in [-0.2, -0.15) is 23.3 Å². The highest BCUT2D eigenvalue weighted by Gasteiger charge is 2.41. The number of hydrogen-bond donors (Lipinski definition) is 2. The van der Waals surface area contributed by atoms with Crippen molar-refractivity contribution in [2.24, 2.45) is 5.92 Å². The number of aliphatic carboxylic acids is 1. The third-order valence-electron chi connectivity index (χ3n) is 6.83. The Morgan fingerprint density at radius 3 is 2.62 bits per heavy atom. The number of carbonyl (C=O) groups is 1. The average Bonchev–Trinajstić information content (AvgIpc) is 3.57. The predicted octanol–water partition coefficient (Wildman–Crippen LogP) is 5.48. The molecule has 2 aromatic carbocycles. The zero-order valence-corrected chi connectivity index (χ0v) is 21.8. The summed E-state index contributed by atoms with van der Waals surface area (Å²) < 4.78 is 48.2. The highest BCUT2D eigenvalue weighted by molar-refractivity contribution is 6.32. The highest BCUT2D eigenvalue weighted by Crippen LogP contribution is 2.39. The number of piperidine rings is 1. The molecule has 1 aliphatic heterocycles. The second-order valence-electron chi connectivity index (χ2n) is 9.69. The monoisotopic (exact) mass is 575 g/mol. The van der Waals surface area contributed by atoms with Crippen LogP contribution in [0, 0.1) is 5.92 Å². The Morgan fingerprint density at radius 1 is 1.18 bits per heavy atom. The number of likely N-dealkylation sites (tertiary alicyclic amines) is 1. The average molecular weight is 576 g/mol. The van der Waals surface area contributed by atoms with E-state index in [1.807, 2.05) is 0 Å². The summed E-state index contributed by atoms with van der Waals surface area (Å²) in [4.78, 5) is 17.3. The molecule has 0 radical (unpaired) electrons. The lowest BCUT2D eigenvalue weighted by Gasteiger charge is -2.33. The zero-order chi connectivity index (χ0) is 28.4. The second kappa shape index (κ2) is 11.4. The van der Waals surface area contributed by atoms with Crippen molar-refractivity contribution >= 4 is 17.6 Å². The van der Waals surface area contributed by atoms with Crippen LogP contribution in [0.5, 0.6) is 0 Å². The standard InChI is InChI=1S/C27H25ClF3N5O4/c28-20-5-1-2-6-21(20)36-24(27(29,30)31)19(13-32-36)26-33-25(34-40-26)18-9-7-17(8-10-18)22(37)15-35-11-3-4-16(14-35)12-23(38)39/h1-2,5-10,13,16,22,37H,3-4,11-12,14-15H2,(H,38,39)/t16-,22-/m1/s1. The topological polar surface area (TPSA) is 118 Å². The minimum atomic E-state index is -4.79. The molecule has 0 aliphatic carbocycles. The first-order valence-electron chi connectivity index (χ1n) is 12.6. The third-order valence-corrected chi connectivity index (χ3v) is 7.15. The van der Waals surface area contributed by atoms with Gasteiger partial charge in [0.15, 0.2) is 5.69 Å². The molecule has 0 saturated carbocycles. The van der Waals surface area contributed by atoms with Gasteiger partial charge in [0.05, 0.1) is 28.6 Å². The molecule has 1 aliphatic rings. The second-order valence-corrected chi connectivity index (χ2v) is 10.1. The third kappa shape index (κ3) is 6.03. The van der Waals surface area contributed by atoms with Gasteiger partial charge in [-0.1, -0.05) is 53.2 Å². The Morgan fingerprint density at radius 2 is 1.93 bits per heavy atom. The number of carboxylic acids is 1. The summed E-state index contributed by atoms with van der Waals surface area (Å²) in [6.45, 7) is 1.75. The minimum absolute atomic E-state index is 0.0542. The Labute approximate surface area is 231 Å². The zero-order valence-electron chi connectivity index (χ0n) is 21.1. The molecule has 5 rings (SSSR count). The molecule has 9 nitrogen and oxygen atoms in total. The lowest BCUT2D eigenvalue weighted by Crippen LogP contribution is -2.38. The van der Waals surface area contributed by atoms with Crippen molar-refractivity contribution in [2.75, 3.05) is 19.6 Å². The molecular formula is C27H25ClF3N5O4. The van der Waals surface area contributed by atoms with Crippen molar-refractivity contribution in [1.82, 2.24) is 24.8 Å². The van der Waals surface area contributed by atoms with Gasteiger partial charge >= 0.3 is 12.1 Å². The van der Waals surface area contributed by atoms with Crippen LogP contribution < -0.4 is 0 Å². The van der Waals surface area contributed by atoms with E-state index in [1.54, 1.807) is 36.4 Å². The van der Waals surface area contributed by atoms with Crippen molar-refractivity contribution in [1.29, 1.82) is 0 Å². The predicted molar refractivity (Wildman–Crippen MR) is 139 cm³/mol. The van der Waals surface area contributed by atoms with Gasteiger partial charge in [-0.15, -0.1) is 0 Å². The van der Waals surface area contributed by atoms with Crippen molar-refractivity contribution in [3.8, 4) is 28.5 Å². The number of carboxylic acid groups (broad SMARTS) is 1. The quantitative estimate of drug-likeness (QED) is 0.284. The summed E-state index contributed by atoms with van der Waals surface area (Å²) in [6.07, 6.45) is -2.75. The summed E-state index contributed by atoms with van der Waals surface area (Å²) in [5.41, 5.74) is -0.317. The Bertz CT molecular complexity index is 1490.